The summed E-state index contributed by atoms with van der Waals surface area (Å²) in [4.78, 5) is 0. The molecule has 0 fully saturated rings. The maximum absolute atomic E-state index is 6.16. The van der Waals surface area contributed by atoms with Gasteiger partial charge in [0.25, 0.3) is 0 Å². The van der Waals surface area contributed by atoms with E-state index in [1.807, 2.05) is 0 Å². The van der Waals surface area contributed by atoms with Gasteiger partial charge in [0.1, 0.15) is 0 Å². The summed E-state index contributed by atoms with van der Waals surface area (Å²) in [6, 6.07) is 9.01. The number of methoxy groups -OCH3 is 1. The highest BCUT2D eigenvalue weighted by Gasteiger charge is 2.24. The highest BCUT2D eigenvalue weighted by molar-refractivity contribution is 7.17. The molecule has 0 spiro atoms. The molecule has 0 N–H and O–H groups in total. The van der Waals surface area contributed by atoms with E-state index in [0.717, 1.165) is 6.42 Å². The molecule has 0 saturated carbocycles. The number of hydrogen-bond acceptors (Lipinski definition) is 2. The van der Waals surface area contributed by atoms with Crippen molar-refractivity contribution in [2.75, 3.05) is 13.7 Å². The standard InChI is InChI=1S/C21H37O2P/c1-8-9-19(16(2)24)17-10-12-18(13-11-17)21(5,6)23-15-14-20(3,4)22-7/h10-13,16,19H,8-9,14-15,24H2,1-7H3. The smallest absolute Gasteiger partial charge is 0.0875 e. The van der Waals surface area contributed by atoms with Gasteiger partial charge < -0.3 is 9.47 Å². The Bertz CT molecular complexity index is 477. The number of hydrogen-bond donors (Lipinski definition) is 0. The highest BCUT2D eigenvalue weighted by Crippen LogP contribution is 2.32. The van der Waals surface area contributed by atoms with Gasteiger partial charge in [-0.2, -0.15) is 0 Å². The molecule has 24 heavy (non-hydrogen) atoms. The van der Waals surface area contributed by atoms with Crippen molar-refractivity contribution in [3.8, 4) is 0 Å². The van der Waals surface area contributed by atoms with Gasteiger partial charge in [0, 0.05) is 7.11 Å². The van der Waals surface area contributed by atoms with E-state index in [2.05, 4.69) is 75.0 Å². The molecule has 3 heteroatoms. The van der Waals surface area contributed by atoms with Gasteiger partial charge in [-0.15, -0.1) is 9.24 Å². The third-order valence-electron chi connectivity index (χ3n) is 4.99. The van der Waals surface area contributed by atoms with E-state index < -0.39 is 0 Å². The van der Waals surface area contributed by atoms with Crippen LogP contribution in [0.1, 0.15) is 77.8 Å². The van der Waals surface area contributed by atoms with Crippen molar-refractivity contribution in [3.63, 3.8) is 0 Å². The van der Waals surface area contributed by atoms with Gasteiger partial charge in [0.2, 0.25) is 0 Å². The fourth-order valence-electron chi connectivity index (χ4n) is 2.91. The molecule has 0 saturated heterocycles. The van der Waals surface area contributed by atoms with Crippen LogP contribution in [0.2, 0.25) is 0 Å². The van der Waals surface area contributed by atoms with Crippen LogP contribution in [0.25, 0.3) is 0 Å². The van der Waals surface area contributed by atoms with Crippen molar-refractivity contribution in [1.29, 1.82) is 0 Å². The largest absolute Gasteiger partial charge is 0.379 e. The average molecular weight is 352 g/mol. The predicted molar refractivity (Wildman–Crippen MR) is 108 cm³/mol. The third-order valence-corrected chi connectivity index (χ3v) is 5.45. The van der Waals surface area contributed by atoms with Crippen LogP contribution in [-0.4, -0.2) is 25.0 Å². The van der Waals surface area contributed by atoms with Crippen LogP contribution in [0.5, 0.6) is 0 Å². The Balaban J connectivity index is 2.75. The molecule has 0 radical (unpaired) electrons. The van der Waals surface area contributed by atoms with Crippen LogP contribution in [0.15, 0.2) is 24.3 Å². The van der Waals surface area contributed by atoms with Crippen LogP contribution in [-0.2, 0) is 15.1 Å². The van der Waals surface area contributed by atoms with E-state index >= 15 is 0 Å². The predicted octanol–water partition coefficient (Wildman–Crippen LogP) is 5.90. The molecule has 0 aromatic heterocycles. The van der Waals surface area contributed by atoms with Gasteiger partial charge in [-0.25, -0.2) is 0 Å². The molecule has 0 aliphatic rings. The second kappa shape index (κ2) is 9.32. The molecular formula is C21H37O2P. The van der Waals surface area contributed by atoms with Crippen LogP contribution in [0.4, 0.5) is 0 Å². The monoisotopic (exact) mass is 352 g/mol. The molecule has 0 aliphatic carbocycles. The van der Waals surface area contributed by atoms with Gasteiger partial charge >= 0.3 is 0 Å². The summed E-state index contributed by atoms with van der Waals surface area (Å²) < 4.78 is 11.6. The minimum atomic E-state index is -0.283. The molecule has 0 bridgehead atoms. The third kappa shape index (κ3) is 6.47. The zero-order chi connectivity index (χ0) is 18.4. The fraction of sp³-hybridized carbons (Fsp3) is 0.714. The van der Waals surface area contributed by atoms with Gasteiger partial charge in [-0.3, -0.25) is 0 Å². The molecule has 0 amide bonds. The number of benzene rings is 1. The molecule has 1 aromatic rings. The Morgan fingerprint density at radius 3 is 2.12 bits per heavy atom. The van der Waals surface area contributed by atoms with E-state index in [9.17, 15) is 0 Å². The van der Waals surface area contributed by atoms with E-state index in [-0.39, 0.29) is 11.2 Å². The van der Waals surface area contributed by atoms with Gasteiger partial charge in [0.15, 0.2) is 0 Å². The van der Waals surface area contributed by atoms with Crippen LogP contribution in [0.3, 0.4) is 0 Å². The molecule has 3 unspecified atom stereocenters. The number of ether oxygens (including phenoxy) is 2. The molecule has 3 atom stereocenters. The quantitative estimate of drug-likeness (QED) is 0.488. The Labute approximate surface area is 151 Å². The maximum Gasteiger partial charge on any atom is 0.0875 e. The minimum Gasteiger partial charge on any atom is -0.379 e. The van der Waals surface area contributed by atoms with E-state index in [4.69, 9.17) is 9.47 Å². The summed E-state index contributed by atoms with van der Waals surface area (Å²) in [5.74, 6) is 0.612. The lowest BCUT2D eigenvalue weighted by molar-refractivity contribution is -0.0609. The highest BCUT2D eigenvalue weighted by atomic mass is 31.0. The first kappa shape index (κ1) is 21.6. The second-order valence-corrected chi connectivity index (χ2v) is 9.00. The summed E-state index contributed by atoms with van der Waals surface area (Å²) in [5.41, 5.74) is 2.83. The van der Waals surface area contributed by atoms with Crippen LogP contribution in [0, 0.1) is 0 Å². The van der Waals surface area contributed by atoms with Crippen LogP contribution < -0.4 is 0 Å². The SMILES string of the molecule is CCCC(c1ccc(C(C)(C)OCCC(C)(C)OC)cc1)C(C)P. The summed E-state index contributed by atoms with van der Waals surface area (Å²) >= 11 is 0. The lowest BCUT2D eigenvalue weighted by Crippen LogP contribution is -2.28. The lowest BCUT2D eigenvalue weighted by Gasteiger charge is -2.30. The zero-order valence-electron chi connectivity index (χ0n) is 16.7. The first-order chi connectivity index (χ1) is 11.1. The first-order valence-electron chi connectivity index (χ1n) is 9.18. The Morgan fingerprint density at radius 2 is 1.67 bits per heavy atom. The summed E-state index contributed by atoms with van der Waals surface area (Å²) in [7, 11) is 4.71. The van der Waals surface area contributed by atoms with Crippen molar-refractivity contribution in [2.45, 2.75) is 83.6 Å². The van der Waals surface area contributed by atoms with Crippen molar-refractivity contribution in [2.24, 2.45) is 0 Å². The van der Waals surface area contributed by atoms with Crippen molar-refractivity contribution >= 4 is 9.24 Å². The normalized spacial score (nSPS) is 15.3. The molecular weight excluding hydrogens is 315 g/mol. The summed E-state index contributed by atoms with van der Waals surface area (Å²) in [5, 5.41) is 0. The van der Waals surface area contributed by atoms with E-state index in [0.29, 0.717) is 18.2 Å². The molecule has 1 rings (SSSR count). The average Bonchev–Trinajstić information content (AvgIpc) is 2.52. The van der Waals surface area contributed by atoms with Gasteiger partial charge in [0.05, 0.1) is 17.8 Å². The van der Waals surface area contributed by atoms with Gasteiger partial charge in [-0.05, 0) is 63.2 Å². The second-order valence-electron chi connectivity index (χ2n) is 7.95. The van der Waals surface area contributed by atoms with E-state index in [1.54, 1.807) is 7.11 Å². The topological polar surface area (TPSA) is 18.5 Å². The molecule has 1 aromatic carbocycles. The van der Waals surface area contributed by atoms with Crippen molar-refractivity contribution in [1.82, 2.24) is 0 Å². The van der Waals surface area contributed by atoms with E-state index in [1.165, 1.54) is 24.0 Å². The minimum absolute atomic E-state index is 0.137. The summed E-state index contributed by atoms with van der Waals surface area (Å²) in [6.07, 6.45) is 3.33. The summed E-state index contributed by atoms with van der Waals surface area (Å²) in [6.45, 7) is 13.7. The Morgan fingerprint density at radius 1 is 1.08 bits per heavy atom. The van der Waals surface area contributed by atoms with Crippen molar-refractivity contribution < 1.29 is 9.47 Å². The van der Waals surface area contributed by atoms with Gasteiger partial charge in [-0.1, -0.05) is 44.5 Å². The zero-order valence-corrected chi connectivity index (χ0v) is 17.8. The molecule has 0 aliphatic heterocycles. The first-order valence-corrected chi connectivity index (χ1v) is 9.84. The number of rotatable bonds is 10. The maximum atomic E-state index is 6.16. The molecule has 0 heterocycles. The fourth-order valence-corrected chi connectivity index (χ4v) is 3.33. The van der Waals surface area contributed by atoms with Crippen LogP contribution >= 0.6 is 9.24 Å². The Hall–Kier alpha value is -0.430. The van der Waals surface area contributed by atoms with Crippen molar-refractivity contribution in [3.05, 3.63) is 35.4 Å². The molecule has 138 valence electrons. The Kier molecular flexibility index (Phi) is 8.39. The molecule has 2 nitrogen and oxygen atoms in total. The lowest BCUT2D eigenvalue weighted by atomic mass is 9.89.